The second-order valence-corrected chi connectivity index (χ2v) is 5.78. The lowest BCUT2D eigenvalue weighted by atomic mass is 9.84. The fourth-order valence-electron chi connectivity index (χ4n) is 3.69. The van der Waals surface area contributed by atoms with Crippen LogP contribution < -0.4 is 5.73 Å². The molecular formula is C17H24N2. The fraction of sp³-hybridized carbons (Fsp3) is 0.529. The van der Waals surface area contributed by atoms with Crippen molar-refractivity contribution in [2.45, 2.75) is 45.1 Å². The van der Waals surface area contributed by atoms with Crippen molar-refractivity contribution in [1.82, 2.24) is 4.57 Å². The van der Waals surface area contributed by atoms with Crippen LogP contribution in [-0.2, 0) is 6.42 Å². The number of hydrogen-bond donors (Lipinski definition) is 1. The molecule has 0 aliphatic heterocycles. The van der Waals surface area contributed by atoms with E-state index in [1.165, 1.54) is 42.1 Å². The fourth-order valence-corrected chi connectivity index (χ4v) is 3.69. The number of aromatic nitrogens is 1. The maximum atomic E-state index is 6.00. The molecule has 19 heavy (non-hydrogen) atoms. The Bertz CT molecular complexity index is 555. The monoisotopic (exact) mass is 256 g/mol. The van der Waals surface area contributed by atoms with Crippen LogP contribution in [-0.4, -0.2) is 11.1 Å². The Morgan fingerprint density at radius 3 is 2.84 bits per heavy atom. The minimum atomic E-state index is 0.601. The standard InChI is InChI=1S/C17H24N2/c1-2-13-7-5-8-14-10-11-19(17(13)14)16-9-4-3-6-15(16)12-18/h5,7-8,10-11,15-16H,2-4,6,9,12,18H2,1H3. The molecule has 2 heteroatoms. The molecule has 1 aliphatic rings. The van der Waals surface area contributed by atoms with Crippen molar-refractivity contribution in [3.05, 3.63) is 36.0 Å². The van der Waals surface area contributed by atoms with Gasteiger partial charge < -0.3 is 10.3 Å². The summed E-state index contributed by atoms with van der Waals surface area (Å²) >= 11 is 0. The number of nitrogens with two attached hydrogens (primary N) is 1. The molecule has 2 unspecified atom stereocenters. The SMILES string of the molecule is CCc1cccc2ccn(C3CCCCC3CN)c12. The molecule has 3 rings (SSSR count). The molecule has 0 bridgehead atoms. The second-order valence-electron chi connectivity index (χ2n) is 5.78. The first-order valence-corrected chi connectivity index (χ1v) is 7.63. The summed E-state index contributed by atoms with van der Waals surface area (Å²) in [5.74, 6) is 0.647. The van der Waals surface area contributed by atoms with E-state index in [1.54, 1.807) is 0 Å². The molecule has 1 aromatic heterocycles. The van der Waals surface area contributed by atoms with Gasteiger partial charge in [0.2, 0.25) is 0 Å². The highest BCUT2D eigenvalue weighted by Gasteiger charge is 2.26. The molecular weight excluding hydrogens is 232 g/mol. The molecule has 1 saturated carbocycles. The van der Waals surface area contributed by atoms with Gasteiger partial charge in [0.25, 0.3) is 0 Å². The quantitative estimate of drug-likeness (QED) is 0.887. The third-order valence-corrected chi connectivity index (χ3v) is 4.73. The number of nitrogens with zero attached hydrogens (tertiary/aromatic N) is 1. The van der Waals surface area contributed by atoms with E-state index in [9.17, 15) is 0 Å². The molecule has 2 atom stereocenters. The smallest absolute Gasteiger partial charge is 0.0515 e. The van der Waals surface area contributed by atoms with Crippen molar-refractivity contribution in [3.63, 3.8) is 0 Å². The summed E-state index contributed by atoms with van der Waals surface area (Å²) in [6.07, 6.45) is 8.63. The summed E-state index contributed by atoms with van der Waals surface area (Å²) in [5.41, 5.74) is 8.90. The van der Waals surface area contributed by atoms with Crippen molar-refractivity contribution >= 4 is 10.9 Å². The van der Waals surface area contributed by atoms with Crippen molar-refractivity contribution in [1.29, 1.82) is 0 Å². The van der Waals surface area contributed by atoms with Gasteiger partial charge in [-0.05, 0) is 48.7 Å². The number of para-hydroxylation sites is 1. The van der Waals surface area contributed by atoms with Gasteiger partial charge in [-0.1, -0.05) is 38.0 Å². The van der Waals surface area contributed by atoms with Crippen molar-refractivity contribution in [3.8, 4) is 0 Å². The van der Waals surface area contributed by atoms with Crippen LogP contribution >= 0.6 is 0 Å². The van der Waals surface area contributed by atoms with Gasteiger partial charge in [0.15, 0.2) is 0 Å². The molecule has 1 aliphatic carbocycles. The summed E-state index contributed by atoms with van der Waals surface area (Å²) in [6, 6.07) is 9.53. The Morgan fingerprint density at radius 1 is 1.21 bits per heavy atom. The summed E-state index contributed by atoms with van der Waals surface area (Å²) in [5, 5.41) is 1.38. The van der Waals surface area contributed by atoms with Crippen LogP contribution in [0.5, 0.6) is 0 Å². The number of hydrogen-bond acceptors (Lipinski definition) is 1. The lowest BCUT2D eigenvalue weighted by Crippen LogP contribution is -2.28. The zero-order valence-corrected chi connectivity index (χ0v) is 11.8. The molecule has 1 aromatic carbocycles. The van der Waals surface area contributed by atoms with Crippen LogP contribution in [0.4, 0.5) is 0 Å². The highest BCUT2D eigenvalue weighted by Crippen LogP contribution is 2.36. The first-order chi connectivity index (χ1) is 9.35. The zero-order valence-electron chi connectivity index (χ0n) is 11.8. The molecule has 0 spiro atoms. The normalized spacial score (nSPS) is 23.9. The van der Waals surface area contributed by atoms with E-state index in [-0.39, 0.29) is 0 Å². The van der Waals surface area contributed by atoms with Crippen molar-refractivity contribution in [2.75, 3.05) is 6.54 Å². The van der Waals surface area contributed by atoms with Crippen LogP contribution in [0.1, 0.15) is 44.2 Å². The minimum Gasteiger partial charge on any atom is -0.344 e. The third kappa shape index (κ3) is 2.18. The third-order valence-electron chi connectivity index (χ3n) is 4.73. The Kier molecular flexibility index (Phi) is 3.61. The molecule has 102 valence electrons. The lowest BCUT2D eigenvalue weighted by molar-refractivity contribution is 0.250. The van der Waals surface area contributed by atoms with E-state index in [0.717, 1.165) is 13.0 Å². The Morgan fingerprint density at radius 2 is 2.05 bits per heavy atom. The average Bonchev–Trinajstić information content (AvgIpc) is 2.91. The molecule has 0 amide bonds. The van der Waals surface area contributed by atoms with E-state index in [4.69, 9.17) is 5.73 Å². The molecule has 0 saturated heterocycles. The van der Waals surface area contributed by atoms with Gasteiger partial charge in [-0.15, -0.1) is 0 Å². The molecule has 2 nitrogen and oxygen atoms in total. The Hall–Kier alpha value is -1.28. The van der Waals surface area contributed by atoms with Crippen molar-refractivity contribution < 1.29 is 0 Å². The van der Waals surface area contributed by atoms with Crippen LogP contribution in [0.3, 0.4) is 0 Å². The van der Waals surface area contributed by atoms with Gasteiger partial charge in [0.1, 0.15) is 0 Å². The van der Waals surface area contributed by atoms with Crippen LogP contribution in [0.15, 0.2) is 30.5 Å². The van der Waals surface area contributed by atoms with Gasteiger partial charge in [0.05, 0.1) is 5.52 Å². The predicted molar refractivity (Wildman–Crippen MR) is 81.4 cm³/mol. The number of aryl methyl sites for hydroxylation is 1. The maximum absolute atomic E-state index is 6.00. The van der Waals surface area contributed by atoms with E-state index in [1.807, 2.05) is 0 Å². The number of fused-ring (bicyclic) bond motifs is 1. The van der Waals surface area contributed by atoms with Crippen LogP contribution in [0.25, 0.3) is 10.9 Å². The predicted octanol–water partition coefficient (Wildman–Crippen LogP) is 3.89. The molecule has 2 aromatic rings. The van der Waals surface area contributed by atoms with E-state index in [2.05, 4.69) is 42.0 Å². The lowest BCUT2D eigenvalue weighted by Gasteiger charge is -2.33. The maximum Gasteiger partial charge on any atom is 0.0515 e. The van der Waals surface area contributed by atoms with Crippen LogP contribution in [0.2, 0.25) is 0 Å². The van der Waals surface area contributed by atoms with Crippen LogP contribution in [0, 0.1) is 5.92 Å². The topological polar surface area (TPSA) is 30.9 Å². The largest absolute Gasteiger partial charge is 0.344 e. The molecule has 1 heterocycles. The van der Waals surface area contributed by atoms with E-state index in [0.29, 0.717) is 12.0 Å². The van der Waals surface area contributed by atoms with Gasteiger partial charge in [-0.25, -0.2) is 0 Å². The zero-order chi connectivity index (χ0) is 13.2. The van der Waals surface area contributed by atoms with Gasteiger partial charge >= 0.3 is 0 Å². The molecule has 1 fully saturated rings. The average molecular weight is 256 g/mol. The Labute approximate surface area is 115 Å². The minimum absolute atomic E-state index is 0.601. The van der Waals surface area contributed by atoms with Gasteiger partial charge in [-0.3, -0.25) is 0 Å². The number of benzene rings is 1. The number of rotatable bonds is 3. The summed E-state index contributed by atoms with van der Waals surface area (Å²) in [4.78, 5) is 0. The molecule has 2 N–H and O–H groups in total. The first-order valence-electron chi connectivity index (χ1n) is 7.63. The first kappa shape index (κ1) is 12.7. The van der Waals surface area contributed by atoms with E-state index >= 15 is 0 Å². The summed E-state index contributed by atoms with van der Waals surface area (Å²) in [7, 11) is 0. The highest BCUT2D eigenvalue weighted by atomic mass is 15.0. The van der Waals surface area contributed by atoms with Gasteiger partial charge in [-0.2, -0.15) is 0 Å². The second kappa shape index (κ2) is 5.38. The van der Waals surface area contributed by atoms with Crippen molar-refractivity contribution in [2.24, 2.45) is 11.7 Å². The Balaban J connectivity index is 2.08. The highest BCUT2D eigenvalue weighted by molar-refractivity contribution is 5.83. The van der Waals surface area contributed by atoms with E-state index < -0.39 is 0 Å². The summed E-state index contributed by atoms with van der Waals surface area (Å²) < 4.78 is 2.52. The molecule has 0 radical (unpaired) electrons. The summed E-state index contributed by atoms with van der Waals surface area (Å²) in [6.45, 7) is 3.06. The van der Waals surface area contributed by atoms with Gasteiger partial charge in [0, 0.05) is 12.2 Å².